The summed E-state index contributed by atoms with van der Waals surface area (Å²) >= 11 is 1.43. The summed E-state index contributed by atoms with van der Waals surface area (Å²) in [6.07, 6.45) is 0.986. The third kappa shape index (κ3) is 5.08. The van der Waals surface area contributed by atoms with Crippen molar-refractivity contribution in [3.8, 4) is 0 Å². The summed E-state index contributed by atoms with van der Waals surface area (Å²) in [5.41, 5.74) is 1.30. The van der Waals surface area contributed by atoms with Crippen LogP contribution in [-0.4, -0.2) is 35.7 Å². The first-order valence-electron chi connectivity index (χ1n) is 8.13. The van der Waals surface area contributed by atoms with Crippen LogP contribution in [0.2, 0.25) is 0 Å². The van der Waals surface area contributed by atoms with Crippen LogP contribution in [0.4, 0.5) is 4.39 Å². The van der Waals surface area contributed by atoms with Crippen molar-refractivity contribution in [3.05, 3.63) is 66.0 Å². The number of amides is 1. The zero-order valence-corrected chi connectivity index (χ0v) is 14.3. The number of halogens is 1. The first-order valence-corrected chi connectivity index (χ1v) is 9.11. The summed E-state index contributed by atoms with van der Waals surface area (Å²) in [5.74, 6) is 0.144. The molecular weight excluding hydrogens is 323 g/mol. The average molecular weight is 344 g/mol. The Hall–Kier alpha value is -1.85. The van der Waals surface area contributed by atoms with Crippen LogP contribution in [0.1, 0.15) is 12.0 Å². The predicted octanol–water partition coefficient (Wildman–Crippen LogP) is 3.31. The molecule has 2 aromatic carbocycles. The number of nitrogens with one attached hydrogen (secondary N) is 1. The minimum atomic E-state index is -0.256. The molecular formula is C19H21FN2OS. The third-order valence-electron chi connectivity index (χ3n) is 4.07. The summed E-state index contributed by atoms with van der Waals surface area (Å²) in [7, 11) is 0. The second-order valence-electron chi connectivity index (χ2n) is 6.02. The van der Waals surface area contributed by atoms with E-state index in [2.05, 4.69) is 34.5 Å². The number of thioether (sulfide) groups is 1. The van der Waals surface area contributed by atoms with Crippen LogP contribution >= 0.6 is 11.8 Å². The number of carbonyl (C=O) groups excluding carboxylic acids is 1. The van der Waals surface area contributed by atoms with Gasteiger partial charge in [-0.25, -0.2) is 4.39 Å². The molecule has 1 N–H and O–H groups in total. The average Bonchev–Trinajstić information content (AvgIpc) is 3.02. The van der Waals surface area contributed by atoms with Crippen molar-refractivity contribution in [3.63, 3.8) is 0 Å². The lowest BCUT2D eigenvalue weighted by Gasteiger charge is -2.16. The highest BCUT2D eigenvalue weighted by Gasteiger charge is 2.23. The molecule has 1 unspecified atom stereocenters. The first-order chi connectivity index (χ1) is 11.7. The molecule has 3 nitrogen and oxygen atoms in total. The van der Waals surface area contributed by atoms with Gasteiger partial charge in [-0.05, 0) is 36.2 Å². The summed E-state index contributed by atoms with van der Waals surface area (Å²) in [4.78, 5) is 15.4. The van der Waals surface area contributed by atoms with E-state index in [0.717, 1.165) is 31.0 Å². The van der Waals surface area contributed by atoms with Crippen molar-refractivity contribution in [2.45, 2.75) is 23.9 Å². The topological polar surface area (TPSA) is 32.3 Å². The van der Waals surface area contributed by atoms with Crippen molar-refractivity contribution < 1.29 is 9.18 Å². The van der Waals surface area contributed by atoms with Gasteiger partial charge in [-0.2, -0.15) is 0 Å². The SMILES string of the molecule is O=C(CSc1ccc(F)cc1)NC1CCN(Cc2ccccc2)C1. The standard InChI is InChI=1S/C19H21FN2OS/c20-16-6-8-18(9-7-16)24-14-19(23)21-17-10-11-22(13-17)12-15-4-2-1-3-5-15/h1-9,17H,10-14H2,(H,21,23). The monoisotopic (exact) mass is 344 g/mol. The summed E-state index contributed by atoms with van der Waals surface area (Å²) < 4.78 is 12.9. The molecule has 0 saturated carbocycles. The van der Waals surface area contributed by atoms with Crippen LogP contribution < -0.4 is 5.32 Å². The van der Waals surface area contributed by atoms with Crippen molar-refractivity contribution >= 4 is 17.7 Å². The summed E-state index contributed by atoms with van der Waals surface area (Å²) in [5, 5.41) is 3.10. The fourth-order valence-electron chi connectivity index (χ4n) is 2.88. The molecule has 0 spiro atoms. The Bertz CT molecular complexity index is 663. The largest absolute Gasteiger partial charge is 0.351 e. The molecule has 1 fully saturated rings. The lowest BCUT2D eigenvalue weighted by molar-refractivity contribution is -0.119. The number of benzene rings is 2. The van der Waals surface area contributed by atoms with Gasteiger partial charge in [0.05, 0.1) is 5.75 Å². The smallest absolute Gasteiger partial charge is 0.230 e. The molecule has 126 valence electrons. The molecule has 1 atom stereocenters. The highest BCUT2D eigenvalue weighted by Crippen LogP contribution is 2.18. The molecule has 24 heavy (non-hydrogen) atoms. The normalized spacial score (nSPS) is 17.8. The van der Waals surface area contributed by atoms with E-state index < -0.39 is 0 Å². The van der Waals surface area contributed by atoms with Crippen molar-refractivity contribution in [1.29, 1.82) is 0 Å². The maximum atomic E-state index is 12.9. The van der Waals surface area contributed by atoms with Gasteiger partial charge >= 0.3 is 0 Å². The van der Waals surface area contributed by atoms with Crippen LogP contribution in [0.25, 0.3) is 0 Å². The zero-order chi connectivity index (χ0) is 16.8. The molecule has 1 heterocycles. The fraction of sp³-hybridized carbons (Fsp3) is 0.316. The van der Waals surface area contributed by atoms with Gasteiger partial charge in [0.15, 0.2) is 0 Å². The van der Waals surface area contributed by atoms with E-state index in [9.17, 15) is 9.18 Å². The number of hydrogen-bond acceptors (Lipinski definition) is 3. The van der Waals surface area contributed by atoms with Gasteiger partial charge in [-0.15, -0.1) is 11.8 Å². The minimum Gasteiger partial charge on any atom is -0.351 e. The highest BCUT2D eigenvalue weighted by atomic mass is 32.2. The predicted molar refractivity (Wildman–Crippen MR) is 95.4 cm³/mol. The van der Waals surface area contributed by atoms with Gasteiger partial charge in [0, 0.05) is 30.6 Å². The van der Waals surface area contributed by atoms with E-state index in [1.165, 1.54) is 29.5 Å². The lowest BCUT2D eigenvalue weighted by atomic mass is 10.2. The van der Waals surface area contributed by atoms with E-state index in [1.54, 1.807) is 12.1 Å². The van der Waals surface area contributed by atoms with Gasteiger partial charge in [0.1, 0.15) is 5.82 Å². The number of rotatable bonds is 6. The molecule has 1 saturated heterocycles. The van der Waals surface area contributed by atoms with E-state index in [1.807, 2.05) is 6.07 Å². The number of carbonyl (C=O) groups is 1. The summed E-state index contributed by atoms with van der Waals surface area (Å²) in [6, 6.07) is 16.8. The minimum absolute atomic E-state index is 0.0379. The van der Waals surface area contributed by atoms with Gasteiger partial charge in [0.25, 0.3) is 0 Å². The van der Waals surface area contributed by atoms with Gasteiger partial charge in [-0.1, -0.05) is 30.3 Å². The molecule has 1 aliphatic rings. The molecule has 0 aliphatic carbocycles. The zero-order valence-electron chi connectivity index (χ0n) is 13.5. The van der Waals surface area contributed by atoms with E-state index in [4.69, 9.17) is 0 Å². The number of nitrogens with zero attached hydrogens (tertiary/aromatic N) is 1. The summed E-state index contributed by atoms with van der Waals surface area (Å²) in [6.45, 7) is 2.82. The molecule has 0 aromatic heterocycles. The molecule has 1 aliphatic heterocycles. The maximum absolute atomic E-state index is 12.9. The van der Waals surface area contributed by atoms with Crippen LogP contribution in [0.15, 0.2) is 59.5 Å². The Kier molecular flexibility index (Phi) is 5.88. The van der Waals surface area contributed by atoms with Crippen molar-refractivity contribution in [2.75, 3.05) is 18.8 Å². The van der Waals surface area contributed by atoms with Crippen LogP contribution in [-0.2, 0) is 11.3 Å². The molecule has 2 aromatic rings. The molecule has 3 rings (SSSR count). The maximum Gasteiger partial charge on any atom is 0.230 e. The Labute approximate surface area is 146 Å². The Morgan fingerprint density at radius 3 is 2.67 bits per heavy atom. The highest BCUT2D eigenvalue weighted by molar-refractivity contribution is 8.00. The fourth-order valence-corrected chi connectivity index (χ4v) is 3.59. The van der Waals surface area contributed by atoms with E-state index >= 15 is 0 Å². The third-order valence-corrected chi connectivity index (χ3v) is 5.08. The number of likely N-dealkylation sites (tertiary alicyclic amines) is 1. The molecule has 0 bridgehead atoms. The molecule has 1 amide bonds. The van der Waals surface area contributed by atoms with Crippen molar-refractivity contribution in [2.24, 2.45) is 0 Å². The Morgan fingerprint density at radius 1 is 1.17 bits per heavy atom. The van der Waals surface area contributed by atoms with Gasteiger partial charge < -0.3 is 5.32 Å². The second kappa shape index (κ2) is 8.31. The van der Waals surface area contributed by atoms with Crippen molar-refractivity contribution in [1.82, 2.24) is 10.2 Å². The second-order valence-corrected chi connectivity index (χ2v) is 7.07. The van der Waals surface area contributed by atoms with Gasteiger partial charge in [-0.3, -0.25) is 9.69 Å². The Balaban J connectivity index is 1.40. The number of hydrogen-bond donors (Lipinski definition) is 1. The van der Waals surface area contributed by atoms with Crippen LogP contribution in [0, 0.1) is 5.82 Å². The quantitative estimate of drug-likeness (QED) is 0.816. The van der Waals surface area contributed by atoms with E-state index in [0.29, 0.717) is 5.75 Å². The van der Waals surface area contributed by atoms with Crippen LogP contribution in [0.5, 0.6) is 0 Å². The first kappa shape index (κ1) is 17.0. The Morgan fingerprint density at radius 2 is 1.92 bits per heavy atom. The van der Waals surface area contributed by atoms with Gasteiger partial charge in [0.2, 0.25) is 5.91 Å². The van der Waals surface area contributed by atoms with Crippen LogP contribution in [0.3, 0.4) is 0 Å². The van der Waals surface area contributed by atoms with E-state index in [-0.39, 0.29) is 17.8 Å². The molecule has 5 heteroatoms. The molecule has 0 radical (unpaired) electrons. The lowest BCUT2D eigenvalue weighted by Crippen LogP contribution is -2.37.